The van der Waals surface area contributed by atoms with Crippen LogP contribution in [0, 0.1) is 6.92 Å². The van der Waals surface area contributed by atoms with Crippen LogP contribution in [0.1, 0.15) is 10.6 Å². The van der Waals surface area contributed by atoms with Crippen LogP contribution in [-0.2, 0) is 11.2 Å². The zero-order valence-corrected chi connectivity index (χ0v) is 11.4. The summed E-state index contributed by atoms with van der Waals surface area (Å²) in [6, 6.07) is 0. The van der Waals surface area contributed by atoms with Crippen molar-refractivity contribution >= 4 is 22.3 Å². The molecule has 0 aliphatic heterocycles. The maximum absolute atomic E-state index is 11.7. The first-order chi connectivity index (χ1) is 7.40. The molecule has 0 N–H and O–H groups in total. The Hall–Kier alpha value is -0.940. The minimum atomic E-state index is 0.238. The molecule has 0 aromatic carbocycles. The fraction of sp³-hybridized carbons (Fsp3) is 0.636. The van der Waals surface area contributed by atoms with Crippen LogP contribution < -0.4 is 4.90 Å². The van der Waals surface area contributed by atoms with Gasteiger partial charge in [0.05, 0.1) is 12.2 Å². The Bertz CT molecular complexity index is 371. The van der Waals surface area contributed by atoms with E-state index in [0.29, 0.717) is 13.0 Å². The number of hydrogen-bond donors (Lipinski definition) is 0. The number of rotatable bonds is 5. The Labute approximate surface area is 101 Å². The Kier molecular flexibility index (Phi) is 4.44. The zero-order chi connectivity index (χ0) is 12.3. The lowest BCUT2D eigenvalue weighted by Crippen LogP contribution is -2.22. The summed E-state index contributed by atoms with van der Waals surface area (Å²) in [5.41, 5.74) is 0.973. The molecule has 1 aromatic heterocycles. The van der Waals surface area contributed by atoms with Gasteiger partial charge in [-0.05, 0) is 21.0 Å². The summed E-state index contributed by atoms with van der Waals surface area (Å²) in [6.45, 7) is 2.45. The van der Waals surface area contributed by atoms with Crippen LogP contribution in [0.3, 0.4) is 0 Å². The topological polar surface area (TPSA) is 36.4 Å². The molecule has 16 heavy (non-hydrogen) atoms. The number of anilines is 1. The average Bonchev–Trinajstić information content (AvgIpc) is 2.46. The van der Waals surface area contributed by atoms with Crippen molar-refractivity contribution in [3.8, 4) is 0 Å². The summed E-state index contributed by atoms with van der Waals surface area (Å²) in [6.07, 6.45) is 0.496. The first-order valence-electron chi connectivity index (χ1n) is 5.20. The standard InChI is InChI=1S/C11H19N3OS/c1-8-10(6-9(15)7-13(2)3)16-11(12-8)14(4)5/h6-7H2,1-5H3. The molecule has 0 fully saturated rings. The van der Waals surface area contributed by atoms with Crippen molar-refractivity contribution in [2.45, 2.75) is 13.3 Å². The minimum absolute atomic E-state index is 0.238. The normalized spacial score (nSPS) is 10.9. The Morgan fingerprint density at radius 3 is 2.38 bits per heavy atom. The molecule has 1 rings (SSSR count). The third kappa shape index (κ3) is 3.57. The molecule has 0 saturated carbocycles. The molecule has 0 aliphatic rings. The Balaban J connectivity index is 2.70. The lowest BCUT2D eigenvalue weighted by atomic mass is 10.2. The molecule has 0 spiro atoms. The number of hydrogen-bond acceptors (Lipinski definition) is 5. The van der Waals surface area contributed by atoms with E-state index in [1.165, 1.54) is 0 Å². The van der Waals surface area contributed by atoms with Crippen LogP contribution in [0.5, 0.6) is 0 Å². The smallest absolute Gasteiger partial charge is 0.185 e. The molecule has 90 valence electrons. The van der Waals surface area contributed by atoms with Gasteiger partial charge in [0.1, 0.15) is 0 Å². The van der Waals surface area contributed by atoms with E-state index in [2.05, 4.69) is 4.98 Å². The van der Waals surface area contributed by atoms with E-state index < -0.39 is 0 Å². The monoisotopic (exact) mass is 241 g/mol. The average molecular weight is 241 g/mol. The molecular formula is C11H19N3OS. The van der Waals surface area contributed by atoms with Gasteiger partial charge in [-0.1, -0.05) is 0 Å². The second kappa shape index (κ2) is 5.41. The predicted octanol–water partition coefficient (Wildman–Crippen LogP) is 1.19. The van der Waals surface area contributed by atoms with Crippen molar-refractivity contribution in [2.75, 3.05) is 39.6 Å². The van der Waals surface area contributed by atoms with Gasteiger partial charge >= 0.3 is 0 Å². The number of ketones is 1. The molecule has 4 nitrogen and oxygen atoms in total. The highest BCUT2D eigenvalue weighted by Crippen LogP contribution is 2.24. The molecule has 0 bridgehead atoms. The number of aromatic nitrogens is 1. The molecule has 5 heteroatoms. The summed E-state index contributed by atoms with van der Waals surface area (Å²) in [7, 11) is 7.73. The van der Waals surface area contributed by atoms with Crippen molar-refractivity contribution < 1.29 is 4.79 Å². The third-order valence-electron chi connectivity index (χ3n) is 2.11. The van der Waals surface area contributed by atoms with Gasteiger partial charge in [0, 0.05) is 25.4 Å². The van der Waals surface area contributed by atoms with Crippen molar-refractivity contribution in [1.82, 2.24) is 9.88 Å². The quantitative estimate of drug-likeness (QED) is 0.776. The summed E-state index contributed by atoms with van der Waals surface area (Å²) >= 11 is 1.60. The highest BCUT2D eigenvalue weighted by atomic mass is 32.1. The van der Waals surface area contributed by atoms with Gasteiger partial charge in [-0.15, -0.1) is 11.3 Å². The second-order valence-corrected chi connectivity index (χ2v) is 5.41. The molecule has 0 saturated heterocycles. The SMILES string of the molecule is Cc1nc(N(C)C)sc1CC(=O)CN(C)C. The maximum Gasteiger partial charge on any atom is 0.185 e. The molecule has 0 atom stereocenters. The Morgan fingerprint density at radius 2 is 1.94 bits per heavy atom. The lowest BCUT2D eigenvalue weighted by molar-refractivity contribution is -0.118. The van der Waals surface area contributed by atoms with E-state index in [1.54, 1.807) is 11.3 Å². The largest absolute Gasteiger partial charge is 0.354 e. The molecule has 0 amide bonds. The number of carbonyl (C=O) groups excluding carboxylic acids is 1. The third-order valence-corrected chi connectivity index (χ3v) is 3.44. The number of likely N-dealkylation sites (N-methyl/N-ethyl adjacent to an activating group) is 1. The number of carbonyl (C=O) groups is 1. The minimum Gasteiger partial charge on any atom is -0.354 e. The molecular weight excluding hydrogens is 222 g/mol. The van der Waals surface area contributed by atoms with E-state index in [0.717, 1.165) is 15.7 Å². The number of nitrogens with zero attached hydrogens (tertiary/aromatic N) is 3. The zero-order valence-electron chi connectivity index (χ0n) is 10.6. The van der Waals surface area contributed by atoms with Gasteiger partial charge < -0.3 is 9.80 Å². The van der Waals surface area contributed by atoms with E-state index in [-0.39, 0.29) is 5.78 Å². The highest BCUT2D eigenvalue weighted by Gasteiger charge is 2.13. The molecule has 0 unspecified atom stereocenters. The van der Waals surface area contributed by atoms with E-state index in [9.17, 15) is 4.79 Å². The molecule has 1 aromatic rings. The molecule has 0 radical (unpaired) electrons. The van der Waals surface area contributed by atoms with Crippen molar-refractivity contribution in [1.29, 1.82) is 0 Å². The fourth-order valence-electron chi connectivity index (χ4n) is 1.36. The first kappa shape index (κ1) is 13.1. The first-order valence-corrected chi connectivity index (χ1v) is 6.02. The van der Waals surface area contributed by atoms with Gasteiger partial charge in [-0.25, -0.2) is 4.98 Å². The number of aryl methyl sites for hydroxylation is 1. The highest BCUT2D eigenvalue weighted by molar-refractivity contribution is 7.15. The van der Waals surface area contributed by atoms with Crippen molar-refractivity contribution in [3.63, 3.8) is 0 Å². The second-order valence-electron chi connectivity index (χ2n) is 4.35. The van der Waals surface area contributed by atoms with Crippen LogP contribution in [0.4, 0.5) is 5.13 Å². The van der Waals surface area contributed by atoms with Gasteiger partial charge in [0.25, 0.3) is 0 Å². The van der Waals surface area contributed by atoms with Gasteiger partial charge in [0.2, 0.25) is 0 Å². The number of Topliss-reactive ketones (excluding diaryl/α,β-unsaturated/α-hetero) is 1. The van der Waals surface area contributed by atoms with Crippen LogP contribution in [0.2, 0.25) is 0 Å². The van der Waals surface area contributed by atoms with Crippen LogP contribution >= 0.6 is 11.3 Å². The lowest BCUT2D eigenvalue weighted by Gasteiger charge is -2.07. The number of thiazole rings is 1. The summed E-state index contributed by atoms with van der Waals surface area (Å²) < 4.78 is 0. The fourth-order valence-corrected chi connectivity index (χ4v) is 2.37. The molecule has 0 aliphatic carbocycles. The van der Waals surface area contributed by atoms with Crippen LogP contribution in [0.15, 0.2) is 0 Å². The van der Waals surface area contributed by atoms with Crippen LogP contribution in [0.25, 0.3) is 0 Å². The summed E-state index contributed by atoms with van der Waals surface area (Å²) in [4.78, 5) is 21.0. The van der Waals surface area contributed by atoms with E-state index in [4.69, 9.17) is 0 Å². The summed E-state index contributed by atoms with van der Waals surface area (Å²) in [5, 5.41) is 0.963. The maximum atomic E-state index is 11.7. The van der Waals surface area contributed by atoms with Crippen molar-refractivity contribution in [3.05, 3.63) is 10.6 Å². The predicted molar refractivity (Wildman–Crippen MR) is 68.4 cm³/mol. The van der Waals surface area contributed by atoms with Crippen molar-refractivity contribution in [2.24, 2.45) is 0 Å². The molecule has 1 heterocycles. The van der Waals surface area contributed by atoms with Gasteiger partial charge in [-0.2, -0.15) is 0 Å². The Morgan fingerprint density at radius 1 is 1.31 bits per heavy atom. The van der Waals surface area contributed by atoms with E-state index in [1.807, 2.05) is 44.9 Å². The van der Waals surface area contributed by atoms with Crippen LogP contribution in [-0.4, -0.2) is 50.4 Å². The van der Waals surface area contributed by atoms with Gasteiger partial charge in [0.15, 0.2) is 10.9 Å². The van der Waals surface area contributed by atoms with E-state index >= 15 is 0 Å². The van der Waals surface area contributed by atoms with Gasteiger partial charge in [-0.3, -0.25) is 4.79 Å². The summed E-state index contributed by atoms with van der Waals surface area (Å²) in [5.74, 6) is 0.238.